The van der Waals surface area contributed by atoms with Crippen molar-refractivity contribution in [1.82, 2.24) is 0 Å². The maximum absolute atomic E-state index is 6.02. The molecule has 0 amide bonds. The van der Waals surface area contributed by atoms with Crippen LogP contribution in [0.3, 0.4) is 0 Å². The maximum Gasteiger partial charge on any atom is 0.133 e. The third-order valence-corrected chi connectivity index (χ3v) is 4.28. The van der Waals surface area contributed by atoms with E-state index in [0.717, 1.165) is 17.1 Å². The second-order valence-corrected chi connectivity index (χ2v) is 6.87. The molecule has 0 aliphatic carbocycles. The lowest BCUT2D eigenvalue weighted by Gasteiger charge is -2.19. The SMILES string of the molecule is CSc1cccc(Oc2ccc(C(C)(C)C)cc2)c1CN. The second kappa shape index (κ2) is 6.54. The zero-order valence-corrected chi connectivity index (χ0v) is 14.0. The summed E-state index contributed by atoms with van der Waals surface area (Å²) in [5.41, 5.74) is 8.38. The van der Waals surface area contributed by atoms with Crippen LogP contribution >= 0.6 is 11.8 Å². The van der Waals surface area contributed by atoms with Crippen molar-refractivity contribution in [3.63, 3.8) is 0 Å². The number of hydrogen-bond donors (Lipinski definition) is 1. The Morgan fingerprint density at radius 2 is 1.71 bits per heavy atom. The predicted octanol–water partition coefficient (Wildman–Crippen LogP) is 4.96. The lowest BCUT2D eigenvalue weighted by atomic mass is 9.87. The molecule has 2 nitrogen and oxygen atoms in total. The Bertz CT molecular complexity index is 600. The lowest BCUT2D eigenvalue weighted by molar-refractivity contribution is 0.473. The van der Waals surface area contributed by atoms with Crippen LogP contribution in [0, 0.1) is 0 Å². The minimum atomic E-state index is 0.152. The van der Waals surface area contributed by atoms with E-state index in [4.69, 9.17) is 10.5 Å². The summed E-state index contributed by atoms with van der Waals surface area (Å²) >= 11 is 1.69. The first-order valence-corrected chi connectivity index (χ1v) is 8.32. The van der Waals surface area contributed by atoms with Gasteiger partial charge < -0.3 is 10.5 Å². The van der Waals surface area contributed by atoms with Crippen LogP contribution in [0.4, 0.5) is 0 Å². The van der Waals surface area contributed by atoms with Crippen LogP contribution in [0.1, 0.15) is 31.9 Å². The van der Waals surface area contributed by atoms with Gasteiger partial charge in [0.05, 0.1) is 0 Å². The van der Waals surface area contributed by atoms with E-state index in [2.05, 4.69) is 45.2 Å². The van der Waals surface area contributed by atoms with E-state index < -0.39 is 0 Å². The van der Waals surface area contributed by atoms with Crippen LogP contribution < -0.4 is 10.5 Å². The van der Waals surface area contributed by atoms with Gasteiger partial charge in [0.25, 0.3) is 0 Å². The van der Waals surface area contributed by atoms with Crippen LogP contribution in [0.2, 0.25) is 0 Å². The molecular weight excluding hydrogens is 278 g/mol. The number of benzene rings is 2. The molecule has 0 saturated carbocycles. The predicted molar refractivity (Wildman–Crippen MR) is 91.3 cm³/mol. The van der Waals surface area contributed by atoms with Crippen molar-refractivity contribution in [3.05, 3.63) is 53.6 Å². The Hall–Kier alpha value is -1.45. The molecule has 0 aliphatic rings. The van der Waals surface area contributed by atoms with Gasteiger partial charge in [0, 0.05) is 17.0 Å². The molecule has 112 valence electrons. The van der Waals surface area contributed by atoms with Crippen molar-refractivity contribution >= 4 is 11.8 Å². The van der Waals surface area contributed by atoms with Crippen molar-refractivity contribution in [2.75, 3.05) is 6.26 Å². The Morgan fingerprint density at radius 3 is 2.24 bits per heavy atom. The lowest BCUT2D eigenvalue weighted by Crippen LogP contribution is -2.10. The molecule has 0 aliphatic heterocycles. The first-order chi connectivity index (χ1) is 9.95. The Morgan fingerprint density at radius 1 is 1.05 bits per heavy atom. The van der Waals surface area contributed by atoms with Gasteiger partial charge in [0.1, 0.15) is 11.5 Å². The van der Waals surface area contributed by atoms with Crippen molar-refractivity contribution < 1.29 is 4.74 Å². The van der Waals surface area contributed by atoms with Gasteiger partial charge in [-0.25, -0.2) is 0 Å². The Labute approximate surface area is 131 Å². The van der Waals surface area contributed by atoms with Gasteiger partial charge in [-0.2, -0.15) is 0 Å². The van der Waals surface area contributed by atoms with Crippen LogP contribution in [-0.2, 0) is 12.0 Å². The molecule has 2 N–H and O–H groups in total. The van der Waals surface area contributed by atoms with Crippen molar-refractivity contribution in [2.24, 2.45) is 5.73 Å². The highest BCUT2D eigenvalue weighted by Crippen LogP contribution is 2.32. The summed E-state index contributed by atoms with van der Waals surface area (Å²) in [6.07, 6.45) is 2.05. The fourth-order valence-corrected chi connectivity index (χ4v) is 2.83. The van der Waals surface area contributed by atoms with Crippen LogP contribution in [0.5, 0.6) is 11.5 Å². The normalized spacial score (nSPS) is 11.5. The summed E-state index contributed by atoms with van der Waals surface area (Å²) in [7, 11) is 0. The molecule has 0 atom stereocenters. The molecule has 2 aromatic carbocycles. The third-order valence-electron chi connectivity index (χ3n) is 3.46. The first-order valence-electron chi connectivity index (χ1n) is 7.10. The number of hydrogen-bond acceptors (Lipinski definition) is 3. The molecule has 0 radical (unpaired) electrons. The van der Waals surface area contributed by atoms with Gasteiger partial charge in [0.2, 0.25) is 0 Å². The van der Waals surface area contributed by atoms with E-state index in [1.165, 1.54) is 10.5 Å². The molecule has 0 saturated heterocycles. The zero-order chi connectivity index (χ0) is 15.5. The maximum atomic E-state index is 6.02. The molecule has 0 fully saturated rings. The van der Waals surface area contributed by atoms with Crippen LogP contribution in [-0.4, -0.2) is 6.26 Å². The second-order valence-electron chi connectivity index (χ2n) is 6.02. The van der Waals surface area contributed by atoms with Gasteiger partial charge in [-0.1, -0.05) is 39.0 Å². The molecule has 0 aromatic heterocycles. The monoisotopic (exact) mass is 301 g/mol. The highest BCUT2D eigenvalue weighted by molar-refractivity contribution is 7.98. The summed E-state index contributed by atoms with van der Waals surface area (Å²) in [5.74, 6) is 1.68. The molecule has 3 heteroatoms. The van der Waals surface area contributed by atoms with Crippen LogP contribution in [0.15, 0.2) is 47.4 Å². The molecule has 0 heterocycles. The number of nitrogens with two attached hydrogens (primary N) is 1. The van der Waals surface area contributed by atoms with Crippen molar-refractivity contribution in [1.29, 1.82) is 0 Å². The average Bonchev–Trinajstić information content (AvgIpc) is 2.46. The fraction of sp³-hybridized carbons (Fsp3) is 0.333. The molecule has 2 rings (SSSR count). The van der Waals surface area contributed by atoms with Crippen molar-refractivity contribution in [3.8, 4) is 11.5 Å². The topological polar surface area (TPSA) is 35.2 Å². The van der Waals surface area contributed by atoms with Crippen molar-refractivity contribution in [2.45, 2.75) is 37.6 Å². The van der Waals surface area contributed by atoms with Gasteiger partial charge >= 0.3 is 0 Å². The Balaban J connectivity index is 2.26. The zero-order valence-electron chi connectivity index (χ0n) is 13.1. The van der Waals surface area contributed by atoms with Gasteiger partial charge in [-0.05, 0) is 41.5 Å². The minimum Gasteiger partial charge on any atom is -0.457 e. The van der Waals surface area contributed by atoms with E-state index in [1.807, 2.05) is 24.3 Å². The smallest absolute Gasteiger partial charge is 0.133 e. The fourth-order valence-electron chi connectivity index (χ4n) is 2.18. The minimum absolute atomic E-state index is 0.152. The van der Waals surface area contributed by atoms with E-state index in [-0.39, 0.29) is 5.41 Å². The summed E-state index contributed by atoms with van der Waals surface area (Å²) in [6, 6.07) is 14.3. The molecule has 0 unspecified atom stereocenters. The van der Waals surface area contributed by atoms with E-state index >= 15 is 0 Å². The molecule has 0 bridgehead atoms. The number of thioether (sulfide) groups is 1. The summed E-state index contributed by atoms with van der Waals surface area (Å²) in [6.45, 7) is 7.10. The first kappa shape index (κ1) is 15.9. The number of ether oxygens (including phenoxy) is 1. The number of rotatable bonds is 4. The molecule has 21 heavy (non-hydrogen) atoms. The van der Waals surface area contributed by atoms with Crippen LogP contribution in [0.25, 0.3) is 0 Å². The standard InChI is InChI=1S/C18H23NOS/c1-18(2,3)13-8-10-14(11-9-13)20-16-6-5-7-17(21-4)15(16)12-19/h5-11H,12,19H2,1-4H3. The van der Waals surface area contributed by atoms with Gasteiger partial charge in [0.15, 0.2) is 0 Å². The third kappa shape index (κ3) is 3.80. The Kier molecular flexibility index (Phi) is 4.96. The molecule has 0 spiro atoms. The highest BCUT2D eigenvalue weighted by atomic mass is 32.2. The van der Waals surface area contributed by atoms with E-state index in [9.17, 15) is 0 Å². The molecular formula is C18H23NOS. The quantitative estimate of drug-likeness (QED) is 0.811. The van der Waals surface area contributed by atoms with Gasteiger partial charge in [-0.3, -0.25) is 0 Å². The van der Waals surface area contributed by atoms with Gasteiger partial charge in [-0.15, -0.1) is 11.8 Å². The molecule has 2 aromatic rings. The average molecular weight is 301 g/mol. The largest absolute Gasteiger partial charge is 0.457 e. The summed E-state index contributed by atoms with van der Waals surface area (Å²) in [4.78, 5) is 1.17. The highest BCUT2D eigenvalue weighted by Gasteiger charge is 2.14. The van der Waals surface area contributed by atoms with E-state index in [0.29, 0.717) is 6.54 Å². The van der Waals surface area contributed by atoms with E-state index in [1.54, 1.807) is 11.8 Å². The summed E-state index contributed by atoms with van der Waals surface area (Å²) in [5, 5.41) is 0. The summed E-state index contributed by atoms with van der Waals surface area (Å²) < 4.78 is 6.02.